The highest BCUT2D eigenvalue weighted by Crippen LogP contribution is 2.35. The summed E-state index contributed by atoms with van der Waals surface area (Å²) in [7, 11) is 0. The molecule has 1 aliphatic carbocycles. The molecule has 12 heavy (non-hydrogen) atoms. The van der Waals surface area contributed by atoms with E-state index in [1.54, 1.807) is 0 Å². The van der Waals surface area contributed by atoms with Crippen LogP contribution in [0.5, 0.6) is 0 Å². The van der Waals surface area contributed by atoms with Crippen LogP contribution in [0.1, 0.15) is 6.42 Å². The van der Waals surface area contributed by atoms with Crippen LogP contribution in [-0.2, 0) is 4.79 Å². The highest BCUT2D eigenvalue weighted by atomic mass is 79.9. The summed E-state index contributed by atoms with van der Waals surface area (Å²) in [6.45, 7) is 0. The maximum Gasteiger partial charge on any atom is 0.236 e. The number of carbonyl (C=O) groups excluding carboxylic acids is 1. The number of isocyanates is 1. The molecule has 1 atom stereocenters. The van der Waals surface area contributed by atoms with Gasteiger partial charge in [0, 0.05) is 12.5 Å². The SMILES string of the molecule is O=C=NC1(Br)C=C(F)C=C(F)C1. The molecule has 1 unspecified atom stereocenters. The number of hydrogen-bond acceptors (Lipinski definition) is 2. The number of nitrogens with zero attached hydrogens (tertiary/aromatic N) is 1. The summed E-state index contributed by atoms with van der Waals surface area (Å²) < 4.78 is 23.9. The van der Waals surface area contributed by atoms with Crippen molar-refractivity contribution in [2.75, 3.05) is 0 Å². The second kappa shape index (κ2) is 3.29. The molecular weight excluding hydrogens is 232 g/mol. The van der Waals surface area contributed by atoms with E-state index in [-0.39, 0.29) is 6.42 Å². The summed E-state index contributed by atoms with van der Waals surface area (Å²) in [6.07, 6.45) is 2.84. The van der Waals surface area contributed by atoms with Crippen molar-refractivity contribution in [3.8, 4) is 0 Å². The molecule has 0 N–H and O–H groups in total. The van der Waals surface area contributed by atoms with E-state index in [2.05, 4.69) is 20.9 Å². The van der Waals surface area contributed by atoms with Crippen molar-refractivity contribution in [1.82, 2.24) is 0 Å². The first-order valence-corrected chi connectivity index (χ1v) is 3.87. The van der Waals surface area contributed by atoms with Gasteiger partial charge in [0.2, 0.25) is 6.08 Å². The third-order valence-electron chi connectivity index (χ3n) is 1.30. The van der Waals surface area contributed by atoms with Gasteiger partial charge < -0.3 is 0 Å². The Morgan fingerprint density at radius 2 is 2.33 bits per heavy atom. The second-order valence-electron chi connectivity index (χ2n) is 2.32. The smallest absolute Gasteiger partial charge is 0.212 e. The molecule has 0 aromatic carbocycles. The molecule has 0 amide bonds. The summed E-state index contributed by atoms with van der Waals surface area (Å²) in [5, 5.41) is 0. The molecule has 0 fully saturated rings. The van der Waals surface area contributed by atoms with Crippen molar-refractivity contribution < 1.29 is 13.6 Å². The molecule has 2 nitrogen and oxygen atoms in total. The van der Waals surface area contributed by atoms with Gasteiger partial charge in [-0.15, -0.1) is 0 Å². The highest BCUT2D eigenvalue weighted by molar-refractivity contribution is 9.10. The van der Waals surface area contributed by atoms with Gasteiger partial charge in [-0.3, -0.25) is 0 Å². The van der Waals surface area contributed by atoms with Gasteiger partial charge in [-0.25, -0.2) is 13.6 Å². The summed E-state index contributed by atoms with van der Waals surface area (Å²) in [5.74, 6) is -1.42. The van der Waals surface area contributed by atoms with Gasteiger partial charge in [-0.1, -0.05) is 15.9 Å². The number of alkyl halides is 1. The average Bonchev–Trinajstić information content (AvgIpc) is 1.82. The lowest BCUT2D eigenvalue weighted by Crippen LogP contribution is -2.17. The summed E-state index contributed by atoms with van der Waals surface area (Å²) >= 11 is 2.91. The summed E-state index contributed by atoms with van der Waals surface area (Å²) in [5.41, 5.74) is 0. The number of halogens is 3. The first kappa shape index (κ1) is 9.29. The highest BCUT2D eigenvalue weighted by Gasteiger charge is 2.29. The molecule has 5 heteroatoms. The molecule has 0 bridgehead atoms. The van der Waals surface area contributed by atoms with E-state index in [1.165, 1.54) is 6.08 Å². The van der Waals surface area contributed by atoms with E-state index in [4.69, 9.17) is 0 Å². The number of allylic oxidation sites excluding steroid dienone is 2. The Kier molecular flexibility index (Phi) is 2.55. The van der Waals surface area contributed by atoms with E-state index in [0.717, 1.165) is 12.2 Å². The minimum Gasteiger partial charge on any atom is -0.212 e. The molecule has 1 aliphatic rings. The van der Waals surface area contributed by atoms with Gasteiger partial charge in [-0.2, -0.15) is 4.99 Å². The van der Waals surface area contributed by atoms with Crippen LogP contribution >= 0.6 is 15.9 Å². The molecule has 1 rings (SSSR count). The van der Waals surface area contributed by atoms with Crippen LogP contribution in [0.3, 0.4) is 0 Å². The number of rotatable bonds is 1. The lowest BCUT2D eigenvalue weighted by molar-refractivity contribution is 0.516. The third-order valence-corrected chi connectivity index (χ3v) is 1.99. The fourth-order valence-corrected chi connectivity index (χ4v) is 1.45. The Morgan fingerprint density at radius 3 is 2.83 bits per heavy atom. The van der Waals surface area contributed by atoms with Gasteiger partial charge in [0.1, 0.15) is 11.7 Å². The first-order valence-electron chi connectivity index (χ1n) is 3.08. The summed E-state index contributed by atoms with van der Waals surface area (Å²) in [6, 6.07) is 0. The standard InChI is InChI=1S/C7H4BrF2NO/c8-7(11-4-12)2-5(9)1-6(10)3-7/h1-2H,3H2. The van der Waals surface area contributed by atoms with Crippen molar-refractivity contribution in [2.45, 2.75) is 10.9 Å². The molecular formula is C7H4BrF2NO. The number of hydrogen-bond donors (Lipinski definition) is 0. The predicted molar refractivity (Wildman–Crippen MR) is 42.8 cm³/mol. The van der Waals surface area contributed by atoms with Gasteiger partial charge >= 0.3 is 0 Å². The van der Waals surface area contributed by atoms with E-state index >= 15 is 0 Å². The fraction of sp³-hybridized carbons (Fsp3) is 0.286. The van der Waals surface area contributed by atoms with Crippen LogP contribution in [0.4, 0.5) is 8.78 Å². The van der Waals surface area contributed by atoms with Gasteiger partial charge in [0.05, 0.1) is 0 Å². The van der Waals surface area contributed by atoms with Crippen LogP contribution in [-0.4, -0.2) is 10.5 Å². The lowest BCUT2D eigenvalue weighted by atomic mass is 10.1. The minimum atomic E-state index is -1.29. The maximum atomic E-state index is 12.6. The zero-order valence-electron chi connectivity index (χ0n) is 5.85. The van der Waals surface area contributed by atoms with Crippen molar-refractivity contribution in [3.63, 3.8) is 0 Å². The van der Waals surface area contributed by atoms with Gasteiger partial charge in [0.25, 0.3) is 0 Å². The molecule has 0 aromatic rings. The Balaban J connectivity index is 2.99. The fourth-order valence-electron chi connectivity index (χ4n) is 0.889. The molecule has 64 valence electrons. The van der Waals surface area contributed by atoms with Crippen molar-refractivity contribution in [2.24, 2.45) is 4.99 Å². The van der Waals surface area contributed by atoms with E-state index < -0.39 is 16.1 Å². The molecule has 0 aromatic heterocycles. The predicted octanol–water partition coefficient (Wildman–Crippen LogP) is 2.52. The molecule has 0 saturated carbocycles. The Hall–Kier alpha value is -0.800. The molecule has 0 aliphatic heterocycles. The molecule has 0 radical (unpaired) electrons. The van der Waals surface area contributed by atoms with Crippen LogP contribution in [0.15, 0.2) is 28.8 Å². The maximum absolute atomic E-state index is 12.6. The first-order chi connectivity index (χ1) is 5.56. The second-order valence-corrected chi connectivity index (χ2v) is 3.69. The number of aliphatic imine (C=N–C) groups is 1. The quantitative estimate of drug-likeness (QED) is 0.297. The van der Waals surface area contributed by atoms with Crippen LogP contribution in [0, 0.1) is 0 Å². The monoisotopic (exact) mass is 235 g/mol. The van der Waals surface area contributed by atoms with Crippen LogP contribution < -0.4 is 0 Å². The van der Waals surface area contributed by atoms with Crippen LogP contribution in [0.25, 0.3) is 0 Å². The lowest BCUT2D eigenvalue weighted by Gasteiger charge is -2.18. The van der Waals surface area contributed by atoms with E-state index in [9.17, 15) is 13.6 Å². The zero-order chi connectivity index (χ0) is 9.19. The van der Waals surface area contributed by atoms with Crippen molar-refractivity contribution in [1.29, 1.82) is 0 Å². The van der Waals surface area contributed by atoms with Crippen LogP contribution in [0.2, 0.25) is 0 Å². The Morgan fingerprint density at radius 1 is 1.67 bits per heavy atom. The van der Waals surface area contributed by atoms with Crippen molar-refractivity contribution in [3.05, 3.63) is 23.8 Å². The minimum absolute atomic E-state index is 0.171. The normalized spacial score (nSPS) is 28.6. The van der Waals surface area contributed by atoms with Gasteiger partial charge in [0.15, 0.2) is 4.45 Å². The Labute approximate surface area is 75.8 Å². The average molecular weight is 236 g/mol. The zero-order valence-corrected chi connectivity index (χ0v) is 7.44. The molecule has 0 spiro atoms. The molecule has 0 saturated heterocycles. The Bertz CT molecular complexity index is 307. The van der Waals surface area contributed by atoms with Crippen molar-refractivity contribution >= 4 is 22.0 Å². The summed E-state index contributed by atoms with van der Waals surface area (Å²) in [4.78, 5) is 13.1. The topological polar surface area (TPSA) is 29.4 Å². The van der Waals surface area contributed by atoms with Gasteiger partial charge in [-0.05, 0) is 6.08 Å². The molecule has 0 heterocycles. The third kappa shape index (κ3) is 2.09. The van der Waals surface area contributed by atoms with E-state index in [1.807, 2.05) is 0 Å². The largest absolute Gasteiger partial charge is 0.236 e. The van der Waals surface area contributed by atoms with E-state index in [0.29, 0.717) is 0 Å².